The van der Waals surface area contributed by atoms with Gasteiger partial charge in [-0.25, -0.2) is 0 Å². The third-order valence-corrected chi connectivity index (χ3v) is 4.31. The van der Waals surface area contributed by atoms with Crippen LogP contribution in [0.25, 0.3) is 0 Å². The van der Waals surface area contributed by atoms with Gasteiger partial charge in [-0.1, -0.05) is 39.8 Å². The molecule has 0 aromatic heterocycles. The van der Waals surface area contributed by atoms with Gasteiger partial charge >= 0.3 is 0 Å². The molecule has 1 unspecified atom stereocenters. The van der Waals surface area contributed by atoms with E-state index in [1.807, 2.05) is 0 Å². The van der Waals surface area contributed by atoms with Crippen LogP contribution in [0.5, 0.6) is 5.75 Å². The van der Waals surface area contributed by atoms with E-state index in [1.54, 1.807) is 7.11 Å². The predicted octanol–water partition coefficient (Wildman–Crippen LogP) is 4.79. The Balaban J connectivity index is 3.20. The number of nitrogens with one attached hydrogen (secondary N) is 1. The molecule has 2 nitrogen and oxygen atoms in total. The van der Waals surface area contributed by atoms with Gasteiger partial charge in [-0.05, 0) is 55.3 Å². The van der Waals surface area contributed by atoms with Crippen molar-refractivity contribution in [3.05, 3.63) is 28.8 Å². The summed E-state index contributed by atoms with van der Waals surface area (Å²) >= 11 is 0. The third-order valence-electron chi connectivity index (χ3n) is 4.31. The summed E-state index contributed by atoms with van der Waals surface area (Å²) in [6.07, 6.45) is 2.31. The van der Waals surface area contributed by atoms with E-state index >= 15 is 0 Å². The zero-order valence-corrected chi connectivity index (χ0v) is 14.3. The van der Waals surface area contributed by atoms with Crippen molar-refractivity contribution in [1.29, 1.82) is 0 Å². The van der Waals surface area contributed by atoms with E-state index in [0.29, 0.717) is 6.04 Å². The maximum absolute atomic E-state index is 5.48. The highest BCUT2D eigenvalue weighted by atomic mass is 16.5. The molecule has 0 bridgehead atoms. The largest absolute Gasteiger partial charge is 0.496 e. The minimum atomic E-state index is 0.239. The number of hydrogen-bond acceptors (Lipinski definition) is 2. The molecule has 0 amide bonds. The molecule has 1 aromatic carbocycles. The van der Waals surface area contributed by atoms with Crippen LogP contribution in [0.1, 0.15) is 63.3 Å². The maximum Gasteiger partial charge on any atom is 0.124 e. The van der Waals surface area contributed by atoms with Crippen molar-refractivity contribution in [2.45, 2.75) is 60.4 Å². The molecule has 0 fully saturated rings. The summed E-state index contributed by atoms with van der Waals surface area (Å²) in [6.45, 7) is 14.5. The van der Waals surface area contributed by atoms with Gasteiger partial charge in [0, 0.05) is 6.04 Å². The molecule has 0 aliphatic rings. The van der Waals surface area contributed by atoms with E-state index in [-0.39, 0.29) is 5.41 Å². The second kappa shape index (κ2) is 7.12. The van der Waals surface area contributed by atoms with Crippen LogP contribution in [0.2, 0.25) is 0 Å². The van der Waals surface area contributed by atoms with Crippen LogP contribution in [-0.4, -0.2) is 13.7 Å². The first-order chi connectivity index (χ1) is 9.37. The average Bonchev–Trinajstić information content (AvgIpc) is 2.38. The lowest BCUT2D eigenvalue weighted by molar-refractivity contribution is 0.234. The predicted molar refractivity (Wildman–Crippen MR) is 87.6 cm³/mol. The van der Waals surface area contributed by atoms with Crippen molar-refractivity contribution in [1.82, 2.24) is 5.32 Å². The topological polar surface area (TPSA) is 21.3 Å². The molecule has 0 aliphatic carbocycles. The molecule has 1 atom stereocenters. The molecule has 1 rings (SSSR count). The Morgan fingerprint density at radius 3 is 2.10 bits per heavy atom. The first kappa shape index (κ1) is 17.0. The van der Waals surface area contributed by atoms with E-state index in [0.717, 1.165) is 25.1 Å². The van der Waals surface area contributed by atoms with Crippen molar-refractivity contribution >= 4 is 0 Å². The van der Waals surface area contributed by atoms with E-state index in [4.69, 9.17) is 4.74 Å². The zero-order chi connectivity index (χ0) is 15.3. The van der Waals surface area contributed by atoms with E-state index in [2.05, 4.69) is 59.0 Å². The van der Waals surface area contributed by atoms with Gasteiger partial charge in [0.2, 0.25) is 0 Å². The lowest BCUT2D eigenvalue weighted by Crippen LogP contribution is -2.34. The molecule has 114 valence electrons. The zero-order valence-electron chi connectivity index (χ0n) is 14.3. The summed E-state index contributed by atoms with van der Waals surface area (Å²) < 4.78 is 5.48. The molecule has 0 heterocycles. The first-order valence-corrected chi connectivity index (χ1v) is 7.75. The van der Waals surface area contributed by atoms with Crippen LogP contribution in [0.15, 0.2) is 12.1 Å². The van der Waals surface area contributed by atoms with Gasteiger partial charge in [0.25, 0.3) is 0 Å². The van der Waals surface area contributed by atoms with Crippen LogP contribution in [0.3, 0.4) is 0 Å². The summed E-state index contributed by atoms with van der Waals surface area (Å²) in [4.78, 5) is 0. The van der Waals surface area contributed by atoms with Gasteiger partial charge in [-0.15, -0.1) is 0 Å². The van der Waals surface area contributed by atoms with Crippen molar-refractivity contribution < 1.29 is 4.74 Å². The summed E-state index contributed by atoms with van der Waals surface area (Å²) in [6, 6.07) is 4.93. The molecular weight excluding hydrogens is 246 g/mol. The molecule has 20 heavy (non-hydrogen) atoms. The quantitative estimate of drug-likeness (QED) is 0.773. The van der Waals surface area contributed by atoms with Gasteiger partial charge in [0.1, 0.15) is 5.75 Å². The van der Waals surface area contributed by atoms with E-state index in [1.165, 1.54) is 16.7 Å². The van der Waals surface area contributed by atoms with Crippen LogP contribution in [0, 0.1) is 19.3 Å². The highest BCUT2D eigenvalue weighted by Crippen LogP contribution is 2.38. The maximum atomic E-state index is 5.48. The van der Waals surface area contributed by atoms with Crippen LogP contribution in [-0.2, 0) is 0 Å². The van der Waals surface area contributed by atoms with Gasteiger partial charge in [0.05, 0.1) is 7.11 Å². The Bertz CT molecular complexity index is 414. The normalized spacial score (nSPS) is 13.3. The number of hydrogen-bond donors (Lipinski definition) is 1. The number of benzene rings is 1. The van der Waals surface area contributed by atoms with Crippen LogP contribution >= 0.6 is 0 Å². The van der Waals surface area contributed by atoms with Gasteiger partial charge in [-0.3, -0.25) is 0 Å². The molecular formula is C18H31NO. The Kier molecular flexibility index (Phi) is 6.07. The number of aryl methyl sites for hydroxylation is 2. The minimum absolute atomic E-state index is 0.239. The summed E-state index contributed by atoms with van der Waals surface area (Å²) in [5, 5.41) is 3.73. The third kappa shape index (κ3) is 3.76. The Morgan fingerprint density at radius 2 is 1.70 bits per heavy atom. The number of methoxy groups -OCH3 is 1. The summed E-state index contributed by atoms with van der Waals surface area (Å²) in [7, 11) is 1.75. The van der Waals surface area contributed by atoms with Gasteiger partial charge < -0.3 is 10.1 Å². The second-order valence-corrected chi connectivity index (χ2v) is 6.42. The highest BCUT2D eigenvalue weighted by molar-refractivity contribution is 5.44. The first-order valence-electron chi connectivity index (χ1n) is 7.75. The van der Waals surface area contributed by atoms with Gasteiger partial charge in [-0.2, -0.15) is 0 Å². The molecule has 2 heteroatoms. The molecule has 0 radical (unpaired) electrons. The fourth-order valence-electron chi connectivity index (χ4n) is 2.81. The Labute approximate surface area is 124 Å². The molecule has 0 spiro atoms. The fourth-order valence-corrected chi connectivity index (χ4v) is 2.81. The lowest BCUT2D eigenvalue weighted by atomic mass is 9.77. The van der Waals surface area contributed by atoms with Crippen molar-refractivity contribution in [2.24, 2.45) is 5.41 Å². The van der Waals surface area contributed by atoms with E-state index in [9.17, 15) is 0 Å². The SMILES string of the molecule is CCCNC(c1cc(C)c(OC)c(C)c1)C(C)(C)CC. The van der Waals surface area contributed by atoms with Crippen molar-refractivity contribution in [3.63, 3.8) is 0 Å². The minimum Gasteiger partial charge on any atom is -0.496 e. The fraction of sp³-hybridized carbons (Fsp3) is 0.667. The highest BCUT2D eigenvalue weighted by Gasteiger charge is 2.29. The van der Waals surface area contributed by atoms with Crippen LogP contribution in [0.4, 0.5) is 0 Å². The molecule has 1 N–H and O–H groups in total. The lowest BCUT2D eigenvalue weighted by Gasteiger charge is -2.35. The Morgan fingerprint density at radius 1 is 1.15 bits per heavy atom. The second-order valence-electron chi connectivity index (χ2n) is 6.42. The van der Waals surface area contributed by atoms with E-state index < -0.39 is 0 Å². The molecule has 0 saturated heterocycles. The Hall–Kier alpha value is -1.02. The van der Waals surface area contributed by atoms with Crippen molar-refractivity contribution in [3.8, 4) is 5.75 Å². The smallest absolute Gasteiger partial charge is 0.124 e. The monoisotopic (exact) mass is 277 g/mol. The molecule has 0 aliphatic heterocycles. The molecule has 1 aromatic rings. The summed E-state index contributed by atoms with van der Waals surface area (Å²) in [5.74, 6) is 1.01. The number of rotatable bonds is 7. The number of ether oxygens (including phenoxy) is 1. The van der Waals surface area contributed by atoms with Crippen LogP contribution < -0.4 is 10.1 Å². The van der Waals surface area contributed by atoms with Gasteiger partial charge in [0.15, 0.2) is 0 Å². The standard InChI is InChI=1S/C18H31NO/c1-8-10-19-17(18(5,6)9-2)15-11-13(3)16(20-7)14(4)12-15/h11-12,17,19H,8-10H2,1-7H3. The van der Waals surface area contributed by atoms with Crippen molar-refractivity contribution in [2.75, 3.05) is 13.7 Å². The average molecular weight is 277 g/mol. The summed E-state index contributed by atoms with van der Waals surface area (Å²) in [5.41, 5.74) is 4.05. The molecule has 0 saturated carbocycles.